The highest BCUT2D eigenvalue weighted by atomic mass is 35.5. The third kappa shape index (κ3) is 3.42. The van der Waals surface area contributed by atoms with Gasteiger partial charge in [-0.05, 0) is 18.2 Å². The second kappa shape index (κ2) is 5.87. The van der Waals surface area contributed by atoms with Gasteiger partial charge in [-0.25, -0.2) is 5.14 Å². The summed E-state index contributed by atoms with van der Waals surface area (Å²) in [4.78, 5) is 13.8. The van der Waals surface area contributed by atoms with Crippen molar-refractivity contribution in [3.05, 3.63) is 33.8 Å². The van der Waals surface area contributed by atoms with E-state index >= 15 is 0 Å². The Balaban J connectivity index is 2.09. The van der Waals surface area contributed by atoms with Crippen LogP contribution in [0.1, 0.15) is 10.4 Å². The highest BCUT2D eigenvalue weighted by Crippen LogP contribution is 2.22. The van der Waals surface area contributed by atoms with Crippen molar-refractivity contribution < 1.29 is 13.2 Å². The van der Waals surface area contributed by atoms with Gasteiger partial charge in [0.1, 0.15) is 0 Å². The van der Waals surface area contributed by atoms with Crippen molar-refractivity contribution in [3.8, 4) is 0 Å². The highest BCUT2D eigenvalue weighted by Gasteiger charge is 2.27. The van der Waals surface area contributed by atoms with Crippen LogP contribution in [0.4, 0.5) is 0 Å². The SMILES string of the molecule is NS(=O)(=O)N1CCN(C(=O)c2ccc(Cl)cc2Cl)CC1. The monoisotopic (exact) mass is 337 g/mol. The molecule has 0 saturated carbocycles. The topological polar surface area (TPSA) is 83.7 Å². The molecule has 9 heteroatoms. The summed E-state index contributed by atoms with van der Waals surface area (Å²) in [6.45, 7) is 0.897. The number of nitrogens with two attached hydrogens (primary N) is 1. The van der Waals surface area contributed by atoms with E-state index in [0.717, 1.165) is 4.31 Å². The molecule has 0 bridgehead atoms. The minimum Gasteiger partial charge on any atom is -0.336 e. The van der Waals surface area contributed by atoms with Crippen molar-refractivity contribution in [2.45, 2.75) is 0 Å². The van der Waals surface area contributed by atoms with Gasteiger partial charge in [0.25, 0.3) is 16.1 Å². The Morgan fingerprint density at radius 1 is 1.15 bits per heavy atom. The number of nitrogens with zero attached hydrogens (tertiary/aromatic N) is 2. The normalized spacial score (nSPS) is 17.2. The van der Waals surface area contributed by atoms with Gasteiger partial charge in [-0.2, -0.15) is 12.7 Å². The molecule has 0 aliphatic carbocycles. The van der Waals surface area contributed by atoms with Crippen LogP contribution < -0.4 is 5.14 Å². The summed E-state index contributed by atoms with van der Waals surface area (Å²) in [5, 5.41) is 5.77. The number of hydrogen-bond donors (Lipinski definition) is 1. The molecule has 1 aliphatic rings. The molecule has 1 fully saturated rings. The van der Waals surface area contributed by atoms with E-state index in [9.17, 15) is 13.2 Å². The van der Waals surface area contributed by atoms with Crippen LogP contribution in [0.25, 0.3) is 0 Å². The number of rotatable bonds is 2. The van der Waals surface area contributed by atoms with Crippen molar-refractivity contribution >= 4 is 39.3 Å². The van der Waals surface area contributed by atoms with Gasteiger partial charge in [0.15, 0.2) is 0 Å². The van der Waals surface area contributed by atoms with Crippen molar-refractivity contribution in [2.75, 3.05) is 26.2 Å². The molecular formula is C11H13Cl2N3O3S. The van der Waals surface area contributed by atoms with E-state index in [1.807, 2.05) is 0 Å². The molecule has 1 aromatic rings. The minimum atomic E-state index is -3.70. The summed E-state index contributed by atoms with van der Waals surface area (Å²) in [5.41, 5.74) is 0.347. The van der Waals surface area contributed by atoms with Gasteiger partial charge in [-0.3, -0.25) is 4.79 Å². The molecule has 2 N–H and O–H groups in total. The Hall–Kier alpha value is -0.860. The zero-order chi connectivity index (χ0) is 14.9. The number of hydrogen-bond acceptors (Lipinski definition) is 3. The number of benzene rings is 1. The van der Waals surface area contributed by atoms with Crippen molar-refractivity contribution in [1.29, 1.82) is 0 Å². The van der Waals surface area contributed by atoms with E-state index in [4.69, 9.17) is 28.3 Å². The first-order valence-corrected chi connectivity index (χ1v) is 8.07. The fourth-order valence-electron chi connectivity index (χ4n) is 1.98. The van der Waals surface area contributed by atoms with Gasteiger partial charge < -0.3 is 4.90 Å². The maximum absolute atomic E-state index is 12.3. The van der Waals surface area contributed by atoms with Gasteiger partial charge in [0, 0.05) is 31.2 Å². The fourth-order valence-corrected chi connectivity index (χ4v) is 3.14. The first-order valence-electron chi connectivity index (χ1n) is 5.81. The summed E-state index contributed by atoms with van der Waals surface area (Å²) < 4.78 is 23.5. The van der Waals surface area contributed by atoms with Crippen LogP contribution in [0, 0.1) is 0 Å². The van der Waals surface area contributed by atoms with Gasteiger partial charge in [-0.15, -0.1) is 0 Å². The summed E-state index contributed by atoms with van der Waals surface area (Å²) in [6, 6.07) is 4.64. The van der Waals surface area contributed by atoms with E-state index in [2.05, 4.69) is 0 Å². The fraction of sp³-hybridized carbons (Fsp3) is 0.364. The maximum atomic E-state index is 12.3. The molecule has 110 valence electrons. The molecule has 1 heterocycles. The zero-order valence-electron chi connectivity index (χ0n) is 10.4. The van der Waals surface area contributed by atoms with Crippen LogP contribution in [0.3, 0.4) is 0 Å². The molecule has 0 unspecified atom stereocenters. The molecule has 0 radical (unpaired) electrons. The smallest absolute Gasteiger partial charge is 0.277 e. The minimum absolute atomic E-state index is 0.176. The summed E-state index contributed by atoms with van der Waals surface area (Å²) in [7, 11) is -3.70. The zero-order valence-corrected chi connectivity index (χ0v) is 12.7. The lowest BCUT2D eigenvalue weighted by molar-refractivity contribution is 0.0698. The lowest BCUT2D eigenvalue weighted by Crippen LogP contribution is -2.52. The molecule has 1 aliphatic heterocycles. The molecule has 2 rings (SSSR count). The average molecular weight is 338 g/mol. The molecular weight excluding hydrogens is 325 g/mol. The van der Waals surface area contributed by atoms with Crippen LogP contribution in [0.2, 0.25) is 10.0 Å². The molecule has 1 saturated heterocycles. The Bertz CT molecular complexity index is 628. The standard InChI is InChI=1S/C11H13Cl2N3O3S/c12-8-1-2-9(10(13)7-8)11(17)15-3-5-16(6-4-15)20(14,18)19/h1-2,7H,3-6H2,(H2,14,18,19). The molecule has 0 aromatic heterocycles. The van der Waals surface area contributed by atoms with E-state index in [0.29, 0.717) is 10.6 Å². The van der Waals surface area contributed by atoms with Gasteiger partial charge in [-0.1, -0.05) is 23.2 Å². The second-order valence-electron chi connectivity index (χ2n) is 4.36. The number of halogens is 2. The second-order valence-corrected chi connectivity index (χ2v) is 6.75. The lowest BCUT2D eigenvalue weighted by atomic mass is 10.2. The Morgan fingerprint density at radius 3 is 2.25 bits per heavy atom. The van der Waals surface area contributed by atoms with E-state index in [1.54, 1.807) is 12.1 Å². The van der Waals surface area contributed by atoms with Crippen LogP contribution >= 0.6 is 23.2 Å². The van der Waals surface area contributed by atoms with Gasteiger partial charge in [0.05, 0.1) is 10.6 Å². The Labute approximate surface area is 127 Å². The number of carbonyl (C=O) groups excluding carboxylic acids is 1. The molecule has 0 atom stereocenters. The van der Waals surface area contributed by atoms with Crippen LogP contribution in [0.5, 0.6) is 0 Å². The largest absolute Gasteiger partial charge is 0.336 e. The first-order chi connectivity index (χ1) is 9.29. The highest BCUT2D eigenvalue weighted by molar-refractivity contribution is 7.86. The van der Waals surface area contributed by atoms with Gasteiger partial charge >= 0.3 is 0 Å². The van der Waals surface area contributed by atoms with Crippen molar-refractivity contribution in [1.82, 2.24) is 9.21 Å². The van der Waals surface area contributed by atoms with Gasteiger partial charge in [0.2, 0.25) is 0 Å². The molecule has 20 heavy (non-hydrogen) atoms. The van der Waals surface area contributed by atoms with Crippen molar-refractivity contribution in [2.24, 2.45) is 5.14 Å². The van der Waals surface area contributed by atoms with Crippen LogP contribution in [-0.4, -0.2) is 49.7 Å². The molecule has 0 spiro atoms. The van der Waals surface area contributed by atoms with Crippen LogP contribution in [0.15, 0.2) is 18.2 Å². The predicted molar refractivity (Wildman–Crippen MR) is 77.0 cm³/mol. The lowest BCUT2D eigenvalue weighted by Gasteiger charge is -2.33. The van der Waals surface area contributed by atoms with E-state index in [1.165, 1.54) is 11.0 Å². The number of piperazine rings is 1. The first kappa shape index (κ1) is 15.5. The Morgan fingerprint density at radius 2 is 1.75 bits per heavy atom. The van der Waals surface area contributed by atoms with E-state index in [-0.39, 0.29) is 37.1 Å². The third-order valence-corrected chi connectivity index (χ3v) is 4.68. The predicted octanol–water partition coefficient (Wildman–Crippen LogP) is 0.955. The number of carbonyl (C=O) groups is 1. The molecule has 1 aromatic carbocycles. The van der Waals surface area contributed by atoms with E-state index < -0.39 is 10.2 Å². The summed E-state index contributed by atoms with van der Waals surface area (Å²) in [6.07, 6.45) is 0. The van der Waals surface area contributed by atoms with Crippen LogP contribution in [-0.2, 0) is 10.2 Å². The quantitative estimate of drug-likeness (QED) is 0.872. The maximum Gasteiger partial charge on any atom is 0.277 e. The molecule has 1 amide bonds. The summed E-state index contributed by atoms with van der Waals surface area (Å²) >= 11 is 11.8. The van der Waals surface area contributed by atoms with Crippen molar-refractivity contribution in [3.63, 3.8) is 0 Å². The number of amides is 1. The summed E-state index contributed by atoms with van der Waals surface area (Å²) in [5.74, 6) is -0.249. The third-order valence-electron chi connectivity index (χ3n) is 3.05. The molecule has 6 nitrogen and oxygen atoms in total. The average Bonchev–Trinajstić information content (AvgIpc) is 2.37. The Kier molecular flexibility index (Phi) is 4.55.